The average Bonchev–Trinajstić information content (AvgIpc) is 3.74. The van der Waals surface area contributed by atoms with Gasteiger partial charge < -0.3 is 35.5 Å². The molecule has 4 heterocycles. The van der Waals surface area contributed by atoms with Crippen molar-refractivity contribution in [1.82, 2.24) is 20.9 Å². The smallest absolute Gasteiger partial charge is 0.273 e. The molecule has 1 aromatic heterocycles. The van der Waals surface area contributed by atoms with Gasteiger partial charge in [0.05, 0.1) is 0 Å². The third-order valence-electron chi connectivity index (χ3n) is 9.53. The van der Waals surface area contributed by atoms with Crippen LogP contribution in [0, 0.1) is 17.7 Å². The molecular formula is C37H38FN5O6. The van der Waals surface area contributed by atoms with E-state index in [4.69, 9.17) is 14.1 Å². The molecule has 11 nitrogen and oxygen atoms in total. The van der Waals surface area contributed by atoms with Crippen LogP contribution in [0.3, 0.4) is 0 Å². The summed E-state index contributed by atoms with van der Waals surface area (Å²) in [6, 6.07) is 17.2. The monoisotopic (exact) mass is 667 g/mol. The van der Waals surface area contributed by atoms with E-state index in [2.05, 4.69) is 21.3 Å². The van der Waals surface area contributed by atoms with Crippen LogP contribution in [0.15, 0.2) is 71.1 Å². The van der Waals surface area contributed by atoms with E-state index < -0.39 is 47.6 Å². The van der Waals surface area contributed by atoms with E-state index >= 15 is 0 Å². The van der Waals surface area contributed by atoms with Gasteiger partial charge in [-0.15, -0.1) is 0 Å². The number of hydrogen-bond donors (Lipinski definition) is 5. The molecule has 49 heavy (non-hydrogen) atoms. The molecule has 5 atom stereocenters. The minimum Gasteiger partial charge on any atom is -0.469 e. The molecule has 3 amide bonds. The number of rotatable bonds is 7. The second-order valence-electron chi connectivity index (χ2n) is 13.5. The van der Waals surface area contributed by atoms with Gasteiger partial charge in [0.25, 0.3) is 5.91 Å². The third-order valence-corrected chi connectivity index (χ3v) is 9.53. The maximum atomic E-state index is 14.1. The molecule has 0 fully saturated rings. The minimum atomic E-state index is -1.31. The lowest BCUT2D eigenvalue weighted by atomic mass is 9.72. The summed E-state index contributed by atoms with van der Waals surface area (Å²) in [4.78, 5) is 45.9. The number of fused-ring (bicyclic) bond motifs is 4. The summed E-state index contributed by atoms with van der Waals surface area (Å²) in [5, 5.41) is 22.6. The fourth-order valence-corrected chi connectivity index (χ4v) is 6.88. The number of nitrogens with one attached hydrogen (secondary N) is 4. The number of carbonyl (C=O) groups is 3. The van der Waals surface area contributed by atoms with Crippen LogP contribution in [0.2, 0.25) is 0 Å². The van der Waals surface area contributed by atoms with Crippen molar-refractivity contribution in [3.05, 3.63) is 112 Å². The van der Waals surface area contributed by atoms with Gasteiger partial charge in [0.2, 0.25) is 17.7 Å². The van der Waals surface area contributed by atoms with Crippen molar-refractivity contribution in [3.63, 3.8) is 0 Å². The van der Waals surface area contributed by atoms with Crippen LogP contribution in [0.25, 0.3) is 0 Å². The van der Waals surface area contributed by atoms with Crippen molar-refractivity contribution in [1.29, 1.82) is 0 Å². The molecule has 3 aliphatic heterocycles. The van der Waals surface area contributed by atoms with Crippen LogP contribution < -0.4 is 26.0 Å². The van der Waals surface area contributed by atoms with Gasteiger partial charge in [0.1, 0.15) is 35.2 Å². The number of aliphatic hydroxyl groups excluding tert-OH is 1. The first-order valence-electron chi connectivity index (χ1n) is 16.5. The SMILES string of the molecule is CC(C)[C@H](O)C(=O)N[C@H]1Cc2ccc3c(c2)C2(c4ccccc4N[C@H]2O3)c2oc(nc2C(=O)NCc2ccc(F)cc2)[C@H](C(C)C)NC1=O. The number of para-hydroxylation sites is 1. The van der Waals surface area contributed by atoms with Crippen molar-refractivity contribution in [2.45, 2.75) is 70.5 Å². The highest BCUT2D eigenvalue weighted by Gasteiger charge is 2.61. The van der Waals surface area contributed by atoms with Gasteiger partial charge in [0.15, 0.2) is 17.7 Å². The number of carbonyl (C=O) groups excluding carboxylic acids is 3. The van der Waals surface area contributed by atoms with E-state index in [0.717, 1.165) is 16.8 Å². The molecule has 5 N–H and O–H groups in total. The fraction of sp³-hybridized carbons (Fsp3) is 0.351. The van der Waals surface area contributed by atoms with E-state index in [1.165, 1.54) is 12.1 Å². The third kappa shape index (κ3) is 5.49. The Bertz CT molecular complexity index is 1940. The quantitative estimate of drug-likeness (QED) is 0.198. The number of amides is 3. The topological polar surface area (TPSA) is 155 Å². The van der Waals surface area contributed by atoms with Gasteiger partial charge in [-0.3, -0.25) is 14.4 Å². The Morgan fingerprint density at radius 3 is 2.53 bits per heavy atom. The summed E-state index contributed by atoms with van der Waals surface area (Å²) < 4.78 is 26.8. The van der Waals surface area contributed by atoms with E-state index in [9.17, 15) is 23.9 Å². The van der Waals surface area contributed by atoms with Crippen LogP contribution in [-0.2, 0) is 28.0 Å². The number of aliphatic hydroxyl groups is 1. The van der Waals surface area contributed by atoms with Gasteiger partial charge in [0, 0.05) is 24.2 Å². The average molecular weight is 668 g/mol. The molecule has 4 aromatic rings. The number of hydrogen-bond acceptors (Lipinski definition) is 8. The lowest BCUT2D eigenvalue weighted by molar-refractivity contribution is -0.135. The van der Waals surface area contributed by atoms with Gasteiger partial charge in [-0.05, 0) is 52.8 Å². The standard InChI is InChI=1S/C37H38FN5O6/c1-18(2)28-35-43-29(33(46)39-17-20-9-12-22(38)13-10-20)31(49-35)37-23-7-5-6-8-25(23)41-36(37)48-27-14-11-21(15-24(27)37)16-26(32(45)42-28)40-34(47)30(44)19(3)4/h5-15,18-19,26,28,30,36,41,44H,16-17H2,1-4H3,(H,39,46)(H,40,47)(H,42,45)/t26-,28-,30-,36-,37?/m0/s1. The van der Waals surface area contributed by atoms with Crippen LogP contribution in [0.4, 0.5) is 10.1 Å². The van der Waals surface area contributed by atoms with Gasteiger partial charge >= 0.3 is 0 Å². The van der Waals surface area contributed by atoms with Gasteiger partial charge in [-0.25, -0.2) is 9.37 Å². The van der Waals surface area contributed by atoms with Crippen LogP contribution >= 0.6 is 0 Å². The lowest BCUT2D eigenvalue weighted by Gasteiger charge is -2.29. The Kier molecular flexibility index (Phi) is 8.14. The van der Waals surface area contributed by atoms with Crippen molar-refractivity contribution in [2.24, 2.45) is 11.8 Å². The highest BCUT2D eigenvalue weighted by atomic mass is 19.1. The summed E-state index contributed by atoms with van der Waals surface area (Å²) in [5.74, 6) is -1.74. The normalized spacial score (nSPS) is 22.5. The lowest BCUT2D eigenvalue weighted by Crippen LogP contribution is -2.52. The maximum Gasteiger partial charge on any atom is 0.273 e. The van der Waals surface area contributed by atoms with Crippen LogP contribution in [0.1, 0.15) is 78.1 Å². The number of aromatic nitrogens is 1. The van der Waals surface area contributed by atoms with Crippen molar-refractivity contribution >= 4 is 23.4 Å². The molecule has 12 heteroatoms. The molecule has 0 aliphatic carbocycles. The number of ether oxygens (including phenoxy) is 1. The first kappa shape index (κ1) is 32.3. The van der Waals surface area contributed by atoms with E-state index in [1.807, 2.05) is 56.3 Å². The number of anilines is 1. The molecule has 0 saturated carbocycles. The highest BCUT2D eigenvalue weighted by molar-refractivity contribution is 5.95. The largest absolute Gasteiger partial charge is 0.469 e. The van der Waals surface area contributed by atoms with Crippen molar-refractivity contribution in [3.8, 4) is 5.75 Å². The van der Waals surface area contributed by atoms with E-state index in [-0.39, 0.29) is 48.0 Å². The molecule has 0 radical (unpaired) electrons. The zero-order valence-electron chi connectivity index (χ0n) is 27.5. The Morgan fingerprint density at radius 1 is 1.04 bits per heavy atom. The predicted octanol–water partition coefficient (Wildman–Crippen LogP) is 4.09. The molecule has 1 unspecified atom stereocenters. The fourth-order valence-electron chi connectivity index (χ4n) is 6.88. The second kappa shape index (κ2) is 12.3. The molecular weight excluding hydrogens is 629 g/mol. The van der Waals surface area contributed by atoms with Crippen molar-refractivity contribution in [2.75, 3.05) is 5.32 Å². The molecule has 3 aliphatic rings. The second-order valence-corrected chi connectivity index (χ2v) is 13.5. The predicted molar refractivity (Wildman–Crippen MR) is 177 cm³/mol. The minimum absolute atomic E-state index is 0.0199. The molecule has 254 valence electrons. The zero-order chi connectivity index (χ0) is 34.6. The number of benzene rings is 3. The summed E-state index contributed by atoms with van der Waals surface area (Å²) >= 11 is 0. The summed E-state index contributed by atoms with van der Waals surface area (Å²) in [7, 11) is 0. The zero-order valence-corrected chi connectivity index (χ0v) is 27.5. The summed E-state index contributed by atoms with van der Waals surface area (Å²) in [6.07, 6.45) is -1.89. The Balaban J connectivity index is 1.40. The van der Waals surface area contributed by atoms with Gasteiger partial charge in [-0.1, -0.05) is 70.2 Å². The molecule has 0 saturated heterocycles. The Hall–Kier alpha value is -5.23. The maximum absolute atomic E-state index is 14.1. The molecule has 1 spiro atoms. The van der Waals surface area contributed by atoms with E-state index in [0.29, 0.717) is 16.9 Å². The van der Waals surface area contributed by atoms with E-state index in [1.54, 1.807) is 26.0 Å². The summed E-state index contributed by atoms with van der Waals surface area (Å²) in [5.41, 5.74) is 2.59. The first-order chi connectivity index (χ1) is 23.5. The molecule has 4 bridgehead atoms. The highest BCUT2D eigenvalue weighted by Crippen LogP contribution is 2.58. The number of oxazole rings is 1. The molecule has 7 rings (SSSR count). The first-order valence-corrected chi connectivity index (χ1v) is 16.5. The van der Waals surface area contributed by atoms with Crippen LogP contribution in [0.5, 0.6) is 5.75 Å². The Morgan fingerprint density at radius 2 is 1.80 bits per heavy atom. The van der Waals surface area contributed by atoms with Crippen LogP contribution in [-0.4, -0.2) is 46.2 Å². The molecule has 3 aromatic carbocycles. The Labute approximate surface area is 282 Å². The number of nitrogens with zero attached hydrogens (tertiary/aromatic N) is 1. The number of halogens is 1. The summed E-state index contributed by atoms with van der Waals surface area (Å²) in [6.45, 7) is 7.32. The van der Waals surface area contributed by atoms with Crippen molar-refractivity contribution < 1.29 is 33.0 Å². The van der Waals surface area contributed by atoms with Gasteiger partial charge in [-0.2, -0.15) is 0 Å².